The van der Waals surface area contributed by atoms with Crippen LogP contribution < -0.4 is 15.8 Å². The van der Waals surface area contributed by atoms with Crippen LogP contribution in [0.4, 0.5) is 5.69 Å². The number of rotatable bonds is 8. The summed E-state index contributed by atoms with van der Waals surface area (Å²) in [5.41, 5.74) is 6.10. The molecular formula is C14H23N3O3S. The predicted molar refractivity (Wildman–Crippen MR) is 84.7 cm³/mol. The zero-order valence-electron chi connectivity index (χ0n) is 12.4. The first-order valence-electron chi connectivity index (χ1n) is 6.97. The molecule has 1 aromatic rings. The summed E-state index contributed by atoms with van der Waals surface area (Å²) in [5.74, 6) is -0.129. The summed E-state index contributed by atoms with van der Waals surface area (Å²) in [6.07, 6.45) is 0.512. The largest absolute Gasteiger partial charge is 0.352 e. The Kier molecular flexibility index (Phi) is 6.64. The van der Waals surface area contributed by atoms with Crippen LogP contribution in [0.25, 0.3) is 0 Å². The molecule has 0 aliphatic rings. The van der Waals surface area contributed by atoms with Crippen LogP contribution in [-0.2, 0) is 10.0 Å². The fourth-order valence-corrected chi connectivity index (χ4v) is 2.86. The lowest BCUT2D eigenvalue weighted by atomic mass is 10.1. The van der Waals surface area contributed by atoms with Gasteiger partial charge in [-0.2, -0.15) is 0 Å². The first-order chi connectivity index (χ1) is 9.89. The van der Waals surface area contributed by atoms with E-state index >= 15 is 0 Å². The van der Waals surface area contributed by atoms with Gasteiger partial charge < -0.3 is 11.1 Å². The Labute approximate surface area is 126 Å². The monoisotopic (exact) mass is 313 g/mol. The van der Waals surface area contributed by atoms with E-state index < -0.39 is 10.0 Å². The molecule has 1 unspecified atom stereocenters. The molecule has 118 valence electrons. The van der Waals surface area contributed by atoms with Gasteiger partial charge in [0, 0.05) is 6.54 Å². The quantitative estimate of drug-likeness (QED) is 0.670. The Morgan fingerprint density at radius 2 is 2.00 bits per heavy atom. The summed E-state index contributed by atoms with van der Waals surface area (Å²) in [4.78, 5) is 12.1. The van der Waals surface area contributed by atoms with E-state index in [1.54, 1.807) is 31.2 Å². The van der Waals surface area contributed by atoms with Gasteiger partial charge in [0.1, 0.15) is 0 Å². The van der Waals surface area contributed by atoms with E-state index in [1.165, 1.54) is 0 Å². The molecule has 4 N–H and O–H groups in total. The lowest BCUT2D eigenvalue weighted by Crippen LogP contribution is -2.32. The summed E-state index contributed by atoms with van der Waals surface area (Å²) >= 11 is 0. The maximum absolute atomic E-state index is 12.1. The Balaban J connectivity index is 2.86. The number of benzene rings is 1. The zero-order chi connectivity index (χ0) is 15.9. The van der Waals surface area contributed by atoms with Crippen LogP contribution >= 0.6 is 0 Å². The normalized spacial score (nSPS) is 12.7. The van der Waals surface area contributed by atoms with Gasteiger partial charge in [0.15, 0.2) is 0 Å². The molecule has 1 aromatic carbocycles. The van der Waals surface area contributed by atoms with Crippen molar-refractivity contribution in [1.82, 2.24) is 5.32 Å². The zero-order valence-corrected chi connectivity index (χ0v) is 13.2. The maximum atomic E-state index is 12.1. The third-order valence-corrected chi connectivity index (χ3v) is 4.40. The number of sulfonamides is 1. The number of amides is 1. The van der Waals surface area contributed by atoms with Crippen molar-refractivity contribution in [1.29, 1.82) is 0 Å². The highest BCUT2D eigenvalue weighted by atomic mass is 32.2. The lowest BCUT2D eigenvalue weighted by Gasteiger charge is -2.14. The Morgan fingerprint density at radius 1 is 1.33 bits per heavy atom. The highest BCUT2D eigenvalue weighted by Crippen LogP contribution is 2.17. The lowest BCUT2D eigenvalue weighted by molar-refractivity contribution is 0.0949. The van der Waals surface area contributed by atoms with Crippen molar-refractivity contribution in [3.63, 3.8) is 0 Å². The first kappa shape index (κ1) is 17.5. The van der Waals surface area contributed by atoms with Gasteiger partial charge in [-0.05, 0) is 31.0 Å². The van der Waals surface area contributed by atoms with Gasteiger partial charge in [-0.1, -0.05) is 26.0 Å². The second kappa shape index (κ2) is 7.99. The van der Waals surface area contributed by atoms with Gasteiger partial charge in [-0.3, -0.25) is 9.52 Å². The number of nitrogens with two attached hydrogens (primary N) is 1. The van der Waals surface area contributed by atoms with E-state index in [1.807, 2.05) is 6.92 Å². The summed E-state index contributed by atoms with van der Waals surface area (Å²) < 4.78 is 26.1. The van der Waals surface area contributed by atoms with Crippen molar-refractivity contribution < 1.29 is 13.2 Å². The van der Waals surface area contributed by atoms with E-state index in [4.69, 9.17) is 5.73 Å². The molecule has 0 heterocycles. The number of hydrogen-bond donors (Lipinski definition) is 3. The molecule has 0 aliphatic heterocycles. The predicted octanol–water partition coefficient (Wildman–Crippen LogP) is 1.16. The fourth-order valence-electron chi connectivity index (χ4n) is 1.70. The van der Waals surface area contributed by atoms with Crippen molar-refractivity contribution in [2.24, 2.45) is 11.7 Å². The topological polar surface area (TPSA) is 101 Å². The molecule has 0 saturated heterocycles. The van der Waals surface area contributed by atoms with Crippen LogP contribution in [0.5, 0.6) is 0 Å². The molecule has 1 rings (SSSR count). The second-order valence-electron chi connectivity index (χ2n) is 5.02. The van der Waals surface area contributed by atoms with Crippen molar-refractivity contribution in [3.8, 4) is 0 Å². The number of carbonyl (C=O) groups is 1. The Hall–Kier alpha value is -1.60. The summed E-state index contributed by atoms with van der Waals surface area (Å²) in [6.45, 7) is 4.64. The SMILES string of the molecule is CCCS(=O)(=O)Nc1ccccc1C(=O)NCC(C)CN. The van der Waals surface area contributed by atoms with Gasteiger partial charge >= 0.3 is 0 Å². The molecule has 0 fully saturated rings. The summed E-state index contributed by atoms with van der Waals surface area (Å²) in [5, 5.41) is 2.75. The van der Waals surface area contributed by atoms with Crippen molar-refractivity contribution >= 4 is 21.6 Å². The molecular weight excluding hydrogens is 290 g/mol. The number of anilines is 1. The van der Waals surface area contributed by atoms with Crippen molar-refractivity contribution in [2.45, 2.75) is 20.3 Å². The van der Waals surface area contributed by atoms with E-state index in [2.05, 4.69) is 10.0 Å². The molecule has 0 spiro atoms. The molecule has 0 bridgehead atoms. The highest BCUT2D eigenvalue weighted by molar-refractivity contribution is 7.92. The third kappa shape index (κ3) is 5.73. The van der Waals surface area contributed by atoms with E-state index in [0.29, 0.717) is 30.8 Å². The summed E-state index contributed by atoms with van der Waals surface area (Å²) in [7, 11) is -3.43. The Bertz CT molecular complexity index is 573. The third-order valence-electron chi connectivity index (χ3n) is 2.92. The first-order valence-corrected chi connectivity index (χ1v) is 8.62. The van der Waals surface area contributed by atoms with Crippen LogP contribution in [0.3, 0.4) is 0 Å². The molecule has 0 aromatic heterocycles. The molecule has 7 heteroatoms. The van der Waals surface area contributed by atoms with Crippen molar-refractivity contribution in [3.05, 3.63) is 29.8 Å². The van der Waals surface area contributed by atoms with Gasteiger partial charge in [0.2, 0.25) is 10.0 Å². The molecule has 1 atom stereocenters. The van der Waals surface area contributed by atoms with Crippen molar-refractivity contribution in [2.75, 3.05) is 23.6 Å². The molecule has 1 amide bonds. The molecule has 0 saturated carbocycles. The molecule has 0 aliphatic carbocycles. The molecule has 0 radical (unpaired) electrons. The molecule has 6 nitrogen and oxygen atoms in total. The smallest absolute Gasteiger partial charge is 0.253 e. The number of carbonyl (C=O) groups excluding carboxylic acids is 1. The number of nitrogens with one attached hydrogen (secondary N) is 2. The average molecular weight is 313 g/mol. The van der Waals surface area contributed by atoms with Gasteiger partial charge in [-0.15, -0.1) is 0 Å². The average Bonchev–Trinajstić information content (AvgIpc) is 2.44. The van der Waals surface area contributed by atoms with Crippen LogP contribution in [0.1, 0.15) is 30.6 Å². The minimum atomic E-state index is -3.43. The minimum absolute atomic E-state index is 0.0210. The van der Waals surface area contributed by atoms with Crippen LogP contribution in [-0.4, -0.2) is 33.2 Å². The number of hydrogen-bond acceptors (Lipinski definition) is 4. The van der Waals surface area contributed by atoms with E-state index in [9.17, 15) is 13.2 Å². The summed E-state index contributed by atoms with van der Waals surface area (Å²) in [6, 6.07) is 6.54. The maximum Gasteiger partial charge on any atom is 0.253 e. The van der Waals surface area contributed by atoms with E-state index in [-0.39, 0.29) is 17.6 Å². The highest BCUT2D eigenvalue weighted by Gasteiger charge is 2.16. The molecule has 21 heavy (non-hydrogen) atoms. The second-order valence-corrected chi connectivity index (χ2v) is 6.86. The fraction of sp³-hybridized carbons (Fsp3) is 0.500. The van der Waals surface area contributed by atoms with E-state index in [0.717, 1.165) is 0 Å². The van der Waals surface area contributed by atoms with Crippen LogP contribution in [0.15, 0.2) is 24.3 Å². The van der Waals surface area contributed by atoms with Gasteiger partial charge in [0.25, 0.3) is 5.91 Å². The van der Waals surface area contributed by atoms with Crippen LogP contribution in [0.2, 0.25) is 0 Å². The Morgan fingerprint density at radius 3 is 2.62 bits per heavy atom. The van der Waals surface area contributed by atoms with Crippen LogP contribution in [0, 0.1) is 5.92 Å². The standard InChI is InChI=1S/C14H23N3O3S/c1-3-8-21(19,20)17-13-7-5-4-6-12(13)14(18)16-10-11(2)9-15/h4-7,11,17H,3,8-10,15H2,1-2H3,(H,16,18). The number of para-hydroxylation sites is 1. The van der Waals surface area contributed by atoms with Gasteiger partial charge in [-0.25, -0.2) is 8.42 Å². The minimum Gasteiger partial charge on any atom is -0.352 e. The van der Waals surface area contributed by atoms with Gasteiger partial charge in [0.05, 0.1) is 17.0 Å².